The van der Waals surface area contributed by atoms with Crippen LogP contribution in [0.1, 0.15) is 67.2 Å². The molecule has 1 aliphatic heterocycles. The first-order valence-corrected chi connectivity index (χ1v) is 13.2. The molecule has 6 unspecified atom stereocenters. The molecule has 29 heavy (non-hydrogen) atoms. The minimum absolute atomic E-state index is 0.336. The van der Waals surface area contributed by atoms with Crippen molar-refractivity contribution in [3.63, 3.8) is 0 Å². The van der Waals surface area contributed by atoms with Crippen LogP contribution in [-0.2, 0) is 0 Å². The predicted octanol–water partition coefficient (Wildman–Crippen LogP) is 4.75. The van der Waals surface area contributed by atoms with E-state index >= 15 is 0 Å². The van der Waals surface area contributed by atoms with Crippen LogP contribution >= 0.6 is 28.2 Å². The number of rotatable bonds is 2. The van der Waals surface area contributed by atoms with Gasteiger partial charge in [0.2, 0.25) is 0 Å². The molecule has 6 atom stereocenters. The fourth-order valence-corrected chi connectivity index (χ4v) is 6.46. The lowest BCUT2D eigenvalue weighted by Crippen LogP contribution is -2.39. The Bertz CT molecular complexity index is 452. The summed E-state index contributed by atoms with van der Waals surface area (Å²) in [7, 11) is 8.96. The van der Waals surface area contributed by atoms with Crippen LogP contribution in [0.3, 0.4) is 0 Å². The Morgan fingerprint density at radius 3 is 2.14 bits per heavy atom. The highest BCUT2D eigenvalue weighted by molar-refractivity contribution is 7.13. The SMILES string of the molecule is CCC1CN(P)CCN(P)CC(C)(CC)CC(C)CNCCN(P)CC(C)(C)C1. The van der Waals surface area contributed by atoms with E-state index in [2.05, 4.69) is 89.0 Å². The van der Waals surface area contributed by atoms with Crippen molar-refractivity contribution in [2.75, 3.05) is 52.4 Å². The van der Waals surface area contributed by atoms with Crippen LogP contribution < -0.4 is 5.32 Å². The average molecular weight is 465 g/mol. The largest absolute Gasteiger partial charge is 0.315 e. The van der Waals surface area contributed by atoms with Crippen LogP contribution in [0.4, 0.5) is 0 Å². The van der Waals surface area contributed by atoms with E-state index in [1.165, 1.54) is 32.2 Å². The number of nitrogens with one attached hydrogen (secondary N) is 1. The number of hydrogen-bond donors (Lipinski definition) is 1. The van der Waals surface area contributed by atoms with Crippen molar-refractivity contribution in [1.82, 2.24) is 19.3 Å². The Balaban J connectivity index is 2.82. The Labute approximate surface area is 189 Å². The molecular formula is C22H51N4P3. The van der Waals surface area contributed by atoms with Crippen LogP contribution in [0.2, 0.25) is 0 Å². The van der Waals surface area contributed by atoms with Gasteiger partial charge in [0.15, 0.2) is 0 Å². The van der Waals surface area contributed by atoms with Gasteiger partial charge in [0, 0.05) is 45.8 Å². The van der Waals surface area contributed by atoms with E-state index in [1.54, 1.807) is 0 Å². The zero-order valence-corrected chi connectivity index (χ0v) is 23.7. The van der Waals surface area contributed by atoms with Gasteiger partial charge in [-0.05, 0) is 48.5 Å². The molecule has 174 valence electrons. The van der Waals surface area contributed by atoms with Crippen molar-refractivity contribution >= 4 is 28.2 Å². The minimum Gasteiger partial charge on any atom is -0.315 e. The molecular weight excluding hydrogens is 413 g/mol. The fourth-order valence-electron chi connectivity index (χ4n) is 4.87. The molecule has 7 heteroatoms. The lowest BCUT2D eigenvalue weighted by atomic mass is 9.79. The summed E-state index contributed by atoms with van der Waals surface area (Å²) in [6.45, 7) is 23.4. The smallest absolute Gasteiger partial charge is 0.0148 e. The summed E-state index contributed by atoms with van der Waals surface area (Å²) in [5, 5.41) is 3.71. The average Bonchev–Trinajstić information content (AvgIpc) is 2.61. The summed E-state index contributed by atoms with van der Waals surface area (Å²) in [4.78, 5) is 0. The van der Waals surface area contributed by atoms with Crippen molar-refractivity contribution in [1.29, 1.82) is 0 Å². The van der Waals surface area contributed by atoms with Gasteiger partial charge in [-0.2, -0.15) is 0 Å². The maximum Gasteiger partial charge on any atom is 0.0148 e. The molecule has 0 aromatic rings. The summed E-state index contributed by atoms with van der Waals surface area (Å²) in [5.41, 5.74) is 0.713. The molecule has 0 saturated carbocycles. The van der Waals surface area contributed by atoms with E-state index in [-0.39, 0.29) is 0 Å². The van der Waals surface area contributed by atoms with E-state index in [4.69, 9.17) is 0 Å². The lowest BCUT2D eigenvalue weighted by Gasteiger charge is -2.37. The molecule has 1 aliphatic rings. The van der Waals surface area contributed by atoms with Crippen LogP contribution in [0.15, 0.2) is 0 Å². The lowest BCUT2D eigenvalue weighted by molar-refractivity contribution is 0.173. The molecule has 1 saturated heterocycles. The van der Waals surface area contributed by atoms with Gasteiger partial charge < -0.3 is 5.32 Å². The van der Waals surface area contributed by atoms with E-state index in [1.807, 2.05) is 0 Å². The molecule has 1 rings (SSSR count). The van der Waals surface area contributed by atoms with E-state index < -0.39 is 0 Å². The monoisotopic (exact) mass is 464 g/mol. The molecule has 0 spiro atoms. The highest BCUT2D eigenvalue weighted by Crippen LogP contribution is 2.33. The predicted molar refractivity (Wildman–Crippen MR) is 141 cm³/mol. The zero-order chi connectivity index (χ0) is 22.1. The van der Waals surface area contributed by atoms with E-state index in [9.17, 15) is 0 Å². The Kier molecular flexibility index (Phi) is 13.2. The van der Waals surface area contributed by atoms with Gasteiger partial charge in [-0.1, -0.05) is 76.1 Å². The molecule has 1 fully saturated rings. The Morgan fingerprint density at radius 2 is 1.52 bits per heavy atom. The maximum absolute atomic E-state index is 3.71. The first-order valence-electron chi connectivity index (χ1n) is 11.7. The molecule has 0 bridgehead atoms. The molecule has 0 amide bonds. The van der Waals surface area contributed by atoms with Gasteiger partial charge in [-0.3, -0.25) is 14.0 Å². The first kappa shape index (κ1) is 28.2. The topological polar surface area (TPSA) is 21.8 Å². The van der Waals surface area contributed by atoms with Gasteiger partial charge in [-0.15, -0.1) is 0 Å². The standard InChI is InChI=1S/C22H51N4P3/c1-7-20-14-21(4,5)17-25(28)10-9-23-15-19(3)13-22(6,8-2)18-26(29)12-11-24(27)16-20/h19-20,23H,7-18,27-29H2,1-6H3. The third kappa shape index (κ3) is 12.1. The van der Waals surface area contributed by atoms with Gasteiger partial charge in [-0.25, -0.2) is 0 Å². The third-order valence-electron chi connectivity index (χ3n) is 6.57. The van der Waals surface area contributed by atoms with Crippen LogP contribution in [0, 0.1) is 22.7 Å². The summed E-state index contributed by atoms with van der Waals surface area (Å²) in [5.74, 6) is 1.45. The third-order valence-corrected chi connectivity index (χ3v) is 7.92. The Hall–Kier alpha value is 1.13. The van der Waals surface area contributed by atoms with Crippen LogP contribution in [0.5, 0.6) is 0 Å². The highest BCUT2D eigenvalue weighted by atomic mass is 31.0. The van der Waals surface area contributed by atoms with E-state index in [0.717, 1.165) is 51.7 Å². The normalized spacial score (nSPS) is 33.8. The molecule has 1 N–H and O–H groups in total. The second-order valence-electron chi connectivity index (χ2n) is 10.8. The second kappa shape index (κ2) is 13.6. The molecule has 0 aromatic heterocycles. The van der Waals surface area contributed by atoms with Crippen molar-refractivity contribution in [2.24, 2.45) is 22.7 Å². The second-order valence-corrected chi connectivity index (χ2v) is 12.9. The molecule has 1 heterocycles. The quantitative estimate of drug-likeness (QED) is 0.596. The minimum atomic E-state index is 0.336. The van der Waals surface area contributed by atoms with Crippen LogP contribution in [0.25, 0.3) is 0 Å². The first-order chi connectivity index (χ1) is 13.5. The van der Waals surface area contributed by atoms with Crippen LogP contribution in [-0.4, -0.2) is 66.4 Å². The van der Waals surface area contributed by atoms with Gasteiger partial charge in [0.25, 0.3) is 0 Å². The Morgan fingerprint density at radius 1 is 0.897 bits per heavy atom. The van der Waals surface area contributed by atoms with Gasteiger partial charge in [0.1, 0.15) is 0 Å². The summed E-state index contributed by atoms with van der Waals surface area (Å²) in [6.07, 6.45) is 5.05. The van der Waals surface area contributed by atoms with Crippen molar-refractivity contribution in [2.45, 2.75) is 67.2 Å². The van der Waals surface area contributed by atoms with Gasteiger partial charge in [0.05, 0.1) is 0 Å². The highest BCUT2D eigenvalue weighted by Gasteiger charge is 2.28. The zero-order valence-electron chi connectivity index (χ0n) is 20.2. The molecule has 0 aromatic carbocycles. The van der Waals surface area contributed by atoms with Gasteiger partial charge >= 0.3 is 0 Å². The van der Waals surface area contributed by atoms with Crippen molar-refractivity contribution in [3.05, 3.63) is 0 Å². The van der Waals surface area contributed by atoms with Crippen molar-refractivity contribution < 1.29 is 0 Å². The molecule has 0 aliphatic carbocycles. The van der Waals surface area contributed by atoms with E-state index in [0.29, 0.717) is 16.7 Å². The summed E-state index contributed by atoms with van der Waals surface area (Å²) < 4.78 is 7.38. The summed E-state index contributed by atoms with van der Waals surface area (Å²) in [6, 6.07) is 0. The van der Waals surface area contributed by atoms with Crippen molar-refractivity contribution in [3.8, 4) is 0 Å². The number of hydrogen-bond acceptors (Lipinski definition) is 4. The summed E-state index contributed by atoms with van der Waals surface area (Å²) >= 11 is 0. The maximum atomic E-state index is 3.71. The number of nitrogens with zero attached hydrogens (tertiary/aromatic N) is 3. The fraction of sp³-hybridized carbons (Fsp3) is 1.00. The molecule has 4 nitrogen and oxygen atoms in total. The molecule has 0 radical (unpaired) electrons.